The van der Waals surface area contributed by atoms with Gasteiger partial charge in [0.25, 0.3) is 5.91 Å². The maximum atomic E-state index is 14.3. The summed E-state index contributed by atoms with van der Waals surface area (Å²) in [6.45, 7) is 11.3. The maximum absolute atomic E-state index is 14.3. The van der Waals surface area contributed by atoms with Crippen LogP contribution in [0.4, 0.5) is 10.5 Å². The maximum Gasteiger partial charge on any atom is 0.408 e. The second-order valence-corrected chi connectivity index (χ2v) is 12.2. The van der Waals surface area contributed by atoms with Crippen LogP contribution >= 0.6 is 0 Å². The SMILES string of the molecule is CCCCCCCCN(C(=O)C(CC(N)=O)NC(=O)OC(C)(C)C)C(C(=O)Nc1ccc(OC)cc1)c1cc(C)cc(C)c1. The van der Waals surface area contributed by atoms with Crippen molar-refractivity contribution in [1.29, 1.82) is 0 Å². The van der Waals surface area contributed by atoms with E-state index in [1.807, 2.05) is 32.0 Å². The van der Waals surface area contributed by atoms with Crippen molar-refractivity contribution in [2.75, 3.05) is 19.0 Å². The number of anilines is 1. The van der Waals surface area contributed by atoms with Crippen molar-refractivity contribution in [3.63, 3.8) is 0 Å². The van der Waals surface area contributed by atoms with Gasteiger partial charge >= 0.3 is 6.09 Å². The number of methoxy groups -OCH3 is 1. The van der Waals surface area contributed by atoms with Crippen LogP contribution in [0.3, 0.4) is 0 Å². The number of hydrogen-bond acceptors (Lipinski definition) is 6. The quantitative estimate of drug-likeness (QED) is 0.201. The Hall–Kier alpha value is -4.08. The molecule has 2 rings (SSSR count). The van der Waals surface area contributed by atoms with E-state index in [0.717, 1.165) is 43.2 Å². The number of ether oxygens (including phenoxy) is 2. The average molecular weight is 611 g/mol. The van der Waals surface area contributed by atoms with Crippen LogP contribution in [0.25, 0.3) is 0 Å². The third-order valence-corrected chi connectivity index (χ3v) is 6.91. The van der Waals surface area contributed by atoms with Crippen molar-refractivity contribution >= 4 is 29.5 Å². The Balaban J connectivity index is 2.56. The first-order valence-corrected chi connectivity index (χ1v) is 15.4. The summed E-state index contributed by atoms with van der Waals surface area (Å²) in [5.41, 5.74) is 7.68. The molecule has 0 radical (unpaired) electrons. The lowest BCUT2D eigenvalue weighted by Gasteiger charge is -2.34. The van der Waals surface area contributed by atoms with Crippen molar-refractivity contribution in [2.24, 2.45) is 5.73 Å². The number of benzene rings is 2. The Labute approximate surface area is 262 Å². The number of nitrogens with one attached hydrogen (secondary N) is 2. The van der Waals surface area contributed by atoms with Crippen LogP contribution in [-0.4, -0.2) is 54.0 Å². The minimum Gasteiger partial charge on any atom is -0.497 e. The second-order valence-electron chi connectivity index (χ2n) is 12.2. The third kappa shape index (κ3) is 12.3. The number of primary amides is 1. The number of nitrogens with zero attached hydrogens (tertiary/aromatic N) is 1. The predicted octanol–water partition coefficient (Wildman–Crippen LogP) is 5.95. The molecular formula is C34H50N4O6. The summed E-state index contributed by atoms with van der Waals surface area (Å²) < 4.78 is 10.6. The zero-order chi connectivity index (χ0) is 32.9. The summed E-state index contributed by atoms with van der Waals surface area (Å²) in [5.74, 6) is -1.17. The normalized spacial score (nSPS) is 12.5. The molecule has 0 saturated carbocycles. The van der Waals surface area contributed by atoms with Crippen LogP contribution in [0.2, 0.25) is 0 Å². The Morgan fingerprint density at radius 2 is 1.50 bits per heavy atom. The monoisotopic (exact) mass is 610 g/mol. The largest absolute Gasteiger partial charge is 0.497 e. The number of nitrogens with two attached hydrogens (primary N) is 1. The Morgan fingerprint density at radius 3 is 2.05 bits per heavy atom. The molecule has 0 spiro atoms. The van der Waals surface area contributed by atoms with Gasteiger partial charge in [-0.2, -0.15) is 0 Å². The number of carbonyl (C=O) groups is 4. The second kappa shape index (κ2) is 17.3. The standard InChI is InChI=1S/C34H50N4O6/c1-8-9-10-11-12-13-18-38(32(41)28(22-29(35)39)37-33(42)44-34(4,5)6)30(25-20-23(2)19-24(3)21-25)31(40)36-26-14-16-27(43-7)17-15-26/h14-17,19-21,28,30H,8-13,18,22H2,1-7H3,(H2,35,39)(H,36,40)(H,37,42). The van der Waals surface area contributed by atoms with Crippen molar-refractivity contribution in [1.82, 2.24) is 10.2 Å². The van der Waals surface area contributed by atoms with E-state index in [4.69, 9.17) is 15.2 Å². The van der Waals surface area contributed by atoms with E-state index < -0.39 is 47.9 Å². The molecule has 10 nitrogen and oxygen atoms in total. The number of amides is 4. The van der Waals surface area contributed by atoms with Gasteiger partial charge < -0.3 is 30.7 Å². The summed E-state index contributed by atoms with van der Waals surface area (Å²) in [7, 11) is 1.56. The molecule has 44 heavy (non-hydrogen) atoms. The summed E-state index contributed by atoms with van der Waals surface area (Å²) >= 11 is 0. The lowest BCUT2D eigenvalue weighted by molar-refractivity contribution is -0.142. The molecule has 0 saturated heterocycles. The first-order valence-electron chi connectivity index (χ1n) is 15.4. The molecule has 4 amide bonds. The summed E-state index contributed by atoms with van der Waals surface area (Å²) in [5, 5.41) is 5.48. The first-order chi connectivity index (χ1) is 20.7. The average Bonchev–Trinajstić information content (AvgIpc) is 2.92. The molecule has 0 aliphatic rings. The molecular weight excluding hydrogens is 560 g/mol. The van der Waals surface area contributed by atoms with E-state index in [-0.39, 0.29) is 6.54 Å². The van der Waals surface area contributed by atoms with Crippen molar-refractivity contribution < 1.29 is 28.7 Å². The van der Waals surface area contributed by atoms with Crippen LogP contribution in [0, 0.1) is 13.8 Å². The Morgan fingerprint density at radius 1 is 0.909 bits per heavy atom. The lowest BCUT2D eigenvalue weighted by Crippen LogP contribution is -2.53. The van der Waals surface area contributed by atoms with Crippen LogP contribution < -0.4 is 21.1 Å². The minimum absolute atomic E-state index is 0.226. The smallest absolute Gasteiger partial charge is 0.408 e. The highest BCUT2D eigenvalue weighted by molar-refractivity contribution is 5.99. The van der Waals surface area contributed by atoms with Crippen molar-refractivity contribution in [3.8, 4) is 5.75 Å². The fourth-order valence-corrected chi connectivity index (χ4v) is 5.01. The summed E-state index contributed by atoms with van der Waals surface area (Å²) in [6, 6.07) is 10.2. The summed E-state index contributed by atoms with van der Waals surface area (Å²) in [4.78, 5) is 54.7. The number of carbonyl (C=O) groups excluding carboxylic acids is 4. The number of hydrogen-bond donors (Lipinski definition) is 3. The zero-order valence-electron chi connectivity index (χ0n) is 27.3. The zero-order valence-corrected chi connectivity index (χ0v) is 27.3. The molecule has 2 aromatic carbocycles. The minimum atomic E-state index is -1.33. The van der Waals surface area contributed by atoms with Crippen molar-refractivity contribution in [3.05, 3.63) is 59.2 Å². The molecule has 0 heterocycles. The lowest BCUT2D eigenvalue weighted by atomic mass is 9.97. The van der Waals surface area contributed by atoms with Gasteiger partial charge in [-0.3, -0.25) is 14.4 Å². The van der Waals surface area contributed by atoms with Gasteiger partial charge in [0.15, 0.2) is 0 Å². The van der Waals surface area contributed by atoms with E-state index in [9.17, 15) is 19.2 Å². The molecule has 2 atom stereocenters. The molecule has 0 aliphatic carbocycles. The van der Waals surface area contributed by atoms with E-state index >= 15 is 0 Å². The van der Waals surface area contributed by atoms with Crippen LogP contribution in [0.15, 0.2) is 42.5 Å². The van der Waals surface area contributed by atoms with Gasteiger partial charge in [-0.25, -0.2) is 4.79 Å². The van der Waals surface area contributed by atoms with Gasteiger partial charge in [0.1, 0.15) is 23.4 Å². The number of alkyl carbamates (subject to hydrolysis) is 1. The van der Waals surface area contributed by atoms with Gasteiger partial charge in [-0.1, -0.05) is 68.4 Å². The van der Waals surface area contributed by atoms with Gasteiger partial charge in [-0.05, 0) is 70.9 Å². The summed E-state index contributed by atoms with van der Waals surface area (Å²) in [6.07, 6.45) is 4.46. The number of rotatable bonds is 16. The van der Waals surface area contributed by atoms with E-state index in [0.29, 0.717) is 23.4 Å². The van der Waals surface area contributed by atoms with Crippen LogP contribution in [-0.2, 0) is 19.1 Å². The first kappa shape index (κ1) is 36.1. The molecule has 0 aromatic heterocycles. The molecule has 0 fully saturated rings. The fourth-order valence-electron chi connectivity index (χ4n) is 5.01. The predicted molar refractivity (Wildman–Crippen MR) is 172 cm³/mol. The highest BCUT2D eigenvalue weighted by Crippen LogP contribution is 2.28. The molecule has 4 N–H and O–H groups in total. The molecule has 0 bridgehead atoms. The van der Waals surface area contributed by atoms with Gasteiger partial charge in [0.05, 0.1) is 13.5 Å². The van der Waals surface area contributed by atoms with Gasteiger partial charge in [-0.15, -0.1) is 0 Å². The molecule has 2 aromatic rings. The van der Waals surface area contributed by atoms with Gasteiger partial charge in [0, 0.05) is 12.2 Å². The van der Waals surface area contributed by atoms with E-state index in [1.165, 1.54) is 4.90 Å². The molecule has 242 valence electrons. The fraction of sp³-hybridized carbons (Fsp3) is 0.529. The van der Waals surface area contributed by atoms with Gasteiger partial charge in [0.2, 0.25) is 11.8 Å². The number of unbranched alkanes of at least 4 members (excludes halogenated alkanes) is 5. The van der Waals surface area contributed by atoms with E-state index in [1.54, 1.807) is 52.1 Å². The molecule has 2 unspecified atom stereocenters. The highest BCUT2D eigenvalue weighted by Gasteiger charge is 2.37. The number of aryl methyl sites for hydroxylation is 2. The molecule has 0 aliphatic heterocycles. The third-order valence-electron chi connectivity index (χ3n) is 6.91. The van der Waals surface area contributed by atoms with Crippen LogP contribution in [0.5, 0.6) is 5.75 Å². The van der Waals surface area contributed by atoms with Crippen LogP contribution in [0.1, 0.15) is 95.4 Å². The Bertz CT molecular complexity index is 1240. The highest BCUT2D eigenvalue weighted by atomic mass is 16.6. The topological polar surface area (TPSA) is 140 Å². The van der Waals surface area contributed by atoms with E-state index in [2.05, 4.69) is 17.6 Å². The molecule has 10 heteroatoms. The Kier molecular flexibility index (Phi) is 14.2. The van der Waals surface area contributed by atoms with Crippen molar-refractivity contribution in [2.45, 2.75) is 104 Å².